The fourth-order valence-corrected chi connectivity index (χ4v) is 1.86. The molecule has 0 N–H and O–H groups in total. The Bertz CT molecular complexity index is 225. The maximum atomic E-state index is 8.72. The zero-order valence-corrected chi connectivity index (χ0v) is 9.13. The second kappa shape index (κ2) is 6.59. The van der Waals surface area contributed by atoms with Gasteiger partial charge in [-0.05, 0) is 19.3 Å². The largest absolute Gasteiger partial charge is 0.294 e. The molecule has 1 rings (SSSR count). The van der Waals surface area contributed by atoms with E-state index < -0.39 is 0 Å². The van der Waals surface area contributed by atoms with Crippen molar-refractivity contribution >= 4 is 5.71 Å². The summed E-state index contributed by atoms with van der Waals surface area (Å²) in [7, 11) is 0. The van der Waals surface area contributed by atoms with Crippen LogP contribution in [0.1, 0.15) is 51.9 Å². The van der Waals surface area contributed by atoms with Crippen LogP contribution in [0.4, 0.5) is 0 Å². The van der Waals surface area contributed by atoms with E-state index in [1.807, 2.05) is 0 Å². The maximum absolute atomic E-state index is 8.72. The molecular formula is C12H20N2. The molecule has 0 amide bonds. The van der Waals surface area contributed by atoms with E-state index in [9.17, 15) is 0 Å². The van der Waals surface area contributed by atoms with E-state index in [2.05, 4.69) is 18.0 Å². The Hall–Kier alpha value is -0.840. The summed E-state index contributed by atoms with van der Waals surface area (Å²) >= 11 is 0. The number of rotatable bonds is 5. The summed E-state index contributed by atoms with van der Waals surface area (Å²) in [4.78, 5) is 4.56. The highest BCUT2D eigenvalue weighted by Gasteiger charge is 2.19. The minimum Gasteiger partial charge on any atom is -0.294 e. The van der Waals surface area contributed by atoms with Crippen LogP contribution in [-0.4, -0.2) is 12.3 Å². The fourth-order valence-electron chi connectivity index (χ4n) is 1.86. The van der Waals surface area contributed by atoms with Gasteiger partial charge in [-0.3, -0.25) is 4.99 Å². The molecule has 0 aromatic carbocycles. The topological polar surface area (TPSA) is 36.1 Å². The van der Waals surface area contributed by atoms with Crippen LogP contribution >= 0.6 is 0 Å². The van der Waals surface area contributed by atoms with Gasteiger partial charge in [0, 0.05) is 18.7 Å². The van der Waals surface area contributed by atoms with Gasteiger partial charge in [-0.25, -0.2) is 0 Å². The molecule has 14 heavy (non-hydrogen) atoms. The van der Waals surface area contributed by atoms with Crippen molar-refractivity contribution in [3.05, 3.63) is 0 Å². The predicted molar refractivity (Wildman–Crippen MR) is 59.4 cm³/mol. The van der Waals surface area contributed by atoms with Crippen LogP contribution in [0.3, 0.4) is 0 Å². The summed E-state index contributed by atoms with van der Waals surface area (Å²) in [5.74, 6) is 0.254. The Kier molecular flexibility index (Phi) is 5.29. The van der Waals surface area contributed by atoms with Gasteiger partial charge in [0.25, 0.3) is 0 Å². The molecule has 0 heterocycles. The van der Waals surface area contributed by atoms with E-state index in [1.54, 1.807) is 0 Å². The van der Waals surface area contributed by atoms with Crippen molar-refractivity contribution in [2.75, 3.05) is 6.54 Å². The normalized spacial score (nSPS) is 24.0. The zero-order valence-electron chi connectivity index (χ0n) is 9.13. The summed E-state index contributed by atoms with van der Waals surface area (Å²) in [6, 6.07) is 2.32. The average molecular weight is 192 g/mol. The zero-order chi connectivity index (χ0) is 10.2. The van der Waals surface area contributed by atoms with Crippen LogP contribution < -0.4 is 0 Å². The molecular weight excluding hydrogens is 172 g/mol. The molecule has 0 aromatic rings. The van der Waals surface area contributed by atoms with Crippen LogP contribution in [-0.2, 0) is 0 Å². The number of nitrogens with zero attached hydrogens (tertiary/aromatic N) is 2. The number of nitriles is 1. The highest BCUT2D eigenvalue weighted by Crippen LogP contribution is 2.22. The second-order valence-electron chi connectivity index (χ2n) is 4.08. The first-order valence-corrected chi connectivity index (χ1v) is 5.78. The first-order chi connectivity index (χ1) is 6.86. The van der Waals surface area contributed by atoms with Crippen molar-refractivity contribution in [2.45, 2.75) is 51.9 Å². The molecule has 1 unspecified atom stereocenters. The van der Waals surface area contributed by atoms with Crippen molar-refractivity contribution in [1.29, 1.82) is 5.26 Å². The van der Waals surface area contributed by atoms with E-state index in [0.717, 1.165) is 25.8 Å². The third-order valence-electron chi connectivity index (χ3n) is 2.79. The lowest BCUT2D eigenvalue weighted by Crippen LogP contribution is -1.94. The van der Waals surface area contributed by atoms with Crippen molar-refractivity contribution in [1.82, 2.24) is 0 Å². The van der Waals surface area contributed by atoms with Gasteiger partial charge in [0.2, 0.25) is 0 Å². The minimum absolute atomic E-state index is 0.254. The average Bonchev–Trinajstić information content (AvgIpc) is 2.65. The van der Waals surface area contributed by atoms with Gasteiger partial charge in [-0.2, -0.15) is 5.26 Å². The molecule has 0 bridgehead atoms. The molecule has 78 valence electrons. The van der Waals surface area contributed by atoms with Crippen molar-refractivity contribution in [3.63, 3.8) is 0 Å². The fraction of sp³-hybridized carbons (Fsp3) is 0.833. The number of hydrogen-bond acceptors (Lipinski definition) is 2. The molecule has 1 fully saturated rings. The van der Waals surface area contributed by atoms with Crippen LogP contribution in [0.2, 0.25) is 0 Å². The molecule has 1 aliphatic carbocycles. The lowest BCUT2D eigenvalue weighted by atomic mass is 10.1. The molecule has 0 aromatic heterocycles. The quantitative estimate of drug-likeness (QED) is 0.615. The van der Waals surface area contributed by atoms with E-state index in [0.29, 0.717) is 0 Å². The monoisotopic (exact) mass is 192 g/mol. The molecule has 0 radical (unpaired) electrons. The highest BCUT2D eigenvalue weighted by molar-refractivity contribution is 5.86. The summed E-state index contributed by atoms with van der Waals surface area (Å²) in [6.45, 7) is 3.20. The Morgan fingerprint density at radius 3 is 2.93 bits per heavy atom. The first kappa shape index (κ1) is 11.2. The Labute approximate surface area is 87.0 Å². The summed E-state index contributed by atoms with van der Waals surface area (Å²) in [6.07, 6.45) is 8.16. The Morgan fingerprint density at radius 2 is 2.29 bits per heavy atom. The van der Waals surface area contributed by atoms with Gasteiger partial charge in [0.15, 0.2) is 0 Å². The van der Waals surface area contributed by atoms with E-state index in [4.69, 9.17) is 5.26 Å². The van der Waals surface area contributed by atoms with E-state index in [1.165, 1.54) is 31.4 Å². The minimum atomic E-state index is 0.254. The second-order valence-corrected chi connectivity index (χ2v) is 4.08. The SMILES string of the molecule is CCCCCC/N=C1\CCC(C#N)C1. The smallest absolute Gasteiger partial charge is 0.0659 e. The summed E-state index contributed by atoms with van der Waals surface area (Å²) < 4.78 is 0. The highest BCUT2D eigenvalue weighted by atomic mass is 14.7. The van der Waals surface area contributed by atoms with Crippen LogP contribution in [0, 0.1) is 17.2 Å². The van der Waals surface area contributed by atoms with Crippen molar-refractivity contribution in [3.8, 4) is 6.07 Å². The van der Waals surface area contributed by atoms with Gasteiger partial charge < -0.3 is 0 Å². The van der Waals surface area contributed by atoms with E-state index in [-0.39, 0.29) is 5.92 Å². The molecule has 0 saturated heterocycles. The van der Waals surface area contributed by atoms with Gasteiger partial charge in [-0.1, -0.05) is 26.2 Å². The molecule has 0 aliphatic heterocycles. The lowest BCUT2D eigenvalue weighted by molar-refractivity contribution is 0.674. The number of unbranched alkanes of at least 4 members (excludes halogenated alkanes) is 3. The van der Waals surface area contributed by atoms with Gasteiger partial charge in [0.1, 0.15) is 0 Å². The molecule has 2 nitrogen and oxygen atoms in total. The van der Waals surface area contributed by atoms with Crippen LogP contribution in [0.15, 0.2) is 4.99 Å². The van der Waals surface area contributed by atoms with Crippen molar-refractivity contribution in [2.24, 2.45) is 10.9 Å². The van der Waals surface area contributed by atoms with Crippen LogP contribution in [0.5, 0.6) is 0 Å². The van der Waals surface area contributed by atoms with Gasteiger partial charge in [0.05, 0.1) is 12.0 Å². The number of hydrogen-bond donors (Lipinski definition) is 0. The van der Waals surface area contributed by atoms with Gasteiger partial charge in [-0.15, -0.1) is 0 Å². The standard InChI is InChI=1S/C12H20N2/c1-2-3-4-5-8-14-12-7-6-11(9-12)10-13/h11H,2-9H2,1H3/b14-12+. The molecule has 1 atom stereocenters. The lowest BCUT2D eigenvalue weighted by Gasteiger charge is -1.97. The van der Waals surface area contributed by atoms with Crippen molar-refractivity contribution < 1.29 is 0 Å². The molecule has 2 heteroatoms. The maximum Gasteiger partial charge on any atom is 0.0659 e. The molecule has 1 saturated carbocycles. The Balaban J connectivity index is 2.11. The van der Waals surface area contributed by atoms with Gasteiger partial charge >= 0.3 is 0 Å². The third kappa shape index (κ3) is 3.91. The number of aliphatic imine (C=N–C) groups is 1. The third-order valence-corrected chi connectivity index (χ3v) is 2.79. The predicted octanol–water partition coefficient (Wildman–Crippen LogP) is 3.33. The first-order valence-electron chi connectivity index (χ1n) is 5.78. The molecule has 0 spiro atoms. The van der Waals surface area contributed by atoms with Crippen LogP contribution in [0.25, 0.3) is 0 Å². The summed E-state index contributed by atoms with van der Waals surface area (Å²) in [5, 5.41) is 8.72. The van der Waals surface area contributed by atoms with E-state index >= 15 is 0 Å². The summed E-state index contributed by atoms with van der Waals surface area (Å²) in [5.41, 5.74) is 1.29. The Morgan fingerprint density at radius 1 is 1.43 bits per heavy atom. The molecule has 1 aliphatic rings.